The number of rotatable bonds is 3. The van der Waals surface area contributed by atoms with Crippen LogP contribution in [0.1, 0.15) is 26.5 Å². The minimum Gasteiger partial charge on any atom is -0.375 e. The normalized spacial score (nSPS) is 23.0. The van der Waals surface area contributed by atoms with Crippen LogP contribution in [-0.2, 0) is 20.5 Å². The SMILES string of the molecule is C[C@@H]1CN(S(=O)(=O)Cc2noc3ccccc23)C(C)(C)CO1. The van der Waals surface area contributed by atoms with Crippen molar-refractivity contribution in [1.29, 1.82) is 0 Å². The van der Waals surface area contributed by atoms with Gasteiger partial charge in [0, 0.05) is 11.9 Å². The highest BCUT2D eigenvalue weighted by atomic mass is 32.2. The van der Waals surface area contributed by atoms with Crippen molar-refractivity contribution in [3.05, 3.63) is 30.0 Å². The number of morpholine rings is 1. The van der Waals surface area contributed by atoms with E-state index in [1.807, 2.05) is 39.0 Å². The average Bonchev–Trinajstić information content (AvgIpc) is 2.84. The van der Waals surface area contributed by atoms with Gasteiger partial charge in [0.05, 0.1) is 18.2 Å². The Morgan fingerprint density at radius 2 is 2.09 bits per heavy atom. The second-order valence-electron chi connectivity index (χ2n) is 6.35. The fourth-order valence-electron chi connectivity index (χ4n) is 2.73. The Morgan fingerprint density at radius 1 is 1.36 bits per heavy atom. The lowest BCUT2D eigenvalue weighted by Gasteiger charge is -2.43. The summed E-state index contributed by atoms with van der Waals surface area (Å²) in [7, 11) is -3.51. The van der Waals surface area contributed by atoms with Gasteiger partial charge in [-0.1, -0.05) is 17.3 Å². The van der Waals surface area contributed by atoms with Crippen molar-refractivity contribution in [3.8, 4) is 0 Å². The van der Waals surface area contributed by atoms with Crippen LogP contribution < -0.4 is 0 Å². The van der Waals surface area contributed by atoms with Crippen molar-refractivity contribution >= 4 is 21.0 Å². The van der Waals surface area contributed by atoms with Gasteiger partial charge in [-0.2, -0.15) is 4.31 Å². The van der Waals surface area contributed by atoms with E-state index < -0.39 is 15.6 Å². The molecule has 0 radical (unpaired) electrons. The first-order valence-corrected chi connectivity index (χ1v) is 8.86. The molecule has 0 amide bonds. The third-order valence-corrected chi connectivity index (χ3v) is 5.88. The van der Waals surface area contributed by atoms with E-state index in [2.05, 4.69) is 5.16 Å². The number of aromatic nitrogens is 1. The molecule has 7 heteroatoms. The van der Waals surface area contributed by atoms with Gasteiger partial charge in [0.15, 0.2) is 5.58 Å². The summed E-state index contributed by atoms with van der Waals surface area (Å²) >= 11 is 0. The quantitative estimate of drug-likeness (QED) is 0.865. The largest absolute Gasteiger partial charge is 0.375 e. The number of fused-ring (bicyclic) bond motifs is 1. The summed E-state index contributed by atoms with van der Waals surface area (Å²) in [4.78, 5) is 0. The highest BCUT2D eigenvalue weighted by Crippen LogP contribution is 2.28. The van der Waals surface area contributed by atoms with E-state index in [0.717, 1.165) is 5.39 Å². The van der Waals surface area contributed by atoms with Crippen LogP contribution >= 0.6 is 0 Å². The average molecular weight is 324 g/mol. The van der Waals surface area contributed by atoms with Crippen LogP contribution in [0, 0.1) is 0 Å². The Labute approximate surface area is 130 Å². The Bertz CT molecular complexity index is 782. The molecular weight excluding hydrogens is 304 g/mol. The first-order chi connectivity index (χ1) is 10.3. The third kappa shape index (κ3) is 2.76. The Morgan fingerprint density at radius 3 is 2.86 bits per heavy atom. The van der Waals surface area contributed by atoms with Crippen LogP contribution in [-0.4, -0.2) is 42.7 Å². The maximum atomic E-state index is 12.8. The highest BCUT2D eigenvalue weighted by Gasteiger charge is 2.41. The number of sulfonamides is 1. The molecule has 1 atom stereocenters. The predicted molar refractivity (Wildman–Crippen MR) is 82.8 cm³/mol. The number of hydrogen-bond acceptors (Lipinski definition) is 5. The van der Waals surface area contributed by atoms with Crippen LogP contribution in [0.15, 0.2) is 28.8 Å². The summed E-state index contributed by atoms with van der Waals surface area (Å²) in [6, 6.07) is 7.28. The zero-order valence-corrected chi connectivity index (χ0v) is 13.8. The molecule has 0 unspecified atom stereocenters. The topological polar surface area (TPSA) is 72.6 Å². The lowest BCUT2D eigenvalue weighted by Crippen LogP contribution is -2.57. The van der Waals surface area contributed by atoms with Gasteiger partial charge in [-0.15, -0.1) is 0 Å². The summed E-state index contributed by atoms with van der Waals surface area (Å²) in [5.74, 6) is -0.167. The van der Waals surface area contributed by atoms with E-state index in [0.29, 0.717) is 24.4 Å². The van der Waals surface area contributed by atoms with E-state index in [4.69, 9.17) is 9.26 Å². The minimum atomic E-state index is -3.51. The molecule has 2 aromatic rings. The Kier molecular flexibility index (Phi) is 3.74. The van der Waals surface area contributed by atoms with E-state index >= 15 is 0 Å². The van der Waals surface area contributed by atoms with Gasteiger partial charge >= 0.3 is 0 Å². The molecule has 22 heavy (non-hydrogen) atoms. The zero-order valence-electron chi connectivity index (χ0n) is 12.9. The van der Waals surface area contributed by atoms with Gasteiger partial charge in [-0.25, -0.2) is 8.42 Å². The van der Waals surface area contributed by atoms with Gasteiger partial charge in [0.25, 0.3) is 0 Å². The van der Waals surface area contributed by atoms with E-state index in [9.17, 15) is 8.42 Å². The second-order valence-corrected chi connectivity index (χ2v) is 8.24. The lowest BCUT2D eigenvalue weighted by atomic mass is 10.1. The van der Waals surface area contributed by atoms with E-state index in [-0.39, 0.29) is 11.9 Å². The number of nitrogens with zero attached hydrogens (tertiary/aromatic N) is 2. The summed E-state index contributed by atoms with van der Waals surface area (Å²) in [5, 5.41) is 4.67. The second kappa shape index (κ2) is 5.33. The predicted octanol–water partition coefficient (Wildman–Crippen LogP) is 2.16. The molecule has 1 aliphatic rings. The number of ether oxygens (including phenoxy) is 1. The van der Waals surface area contributed by atoms with Crippen LogP contribution in [0.5, 0.6) is 0 Å². The molecule has 1 aromatic carbocycles. The minimum absolute atomic E-state index is 0.114. The van der Waals surface area contributed by atoms with Crippen LogP contribution in [0.4, 0.5) is 0 Å². The molecule has 0 bridgehead atoms. The lowest BCUT2D eigenvalue weighted by molar-refractivity contribution is -0.0551. The summed E-state index contributed by atoms with van der Waals surface area (Å²) in [5.41, 5.74) is 0.484. The Balaban J connectivity index is 1.93. The summed E-state index contributed by atoms with van der Waals surface area (Å²) < 4.78 is 38.0. The van der Waals surface area contributed by atoms with Gasteiger partial charge in [-0.3, -0.25) is 0 Å². The molecule has 1 fully saturated rings. The number of benzene rings is 1. The van der Waals surface area contributed by atoms with Crippen molar-refractivity contribution in [2.24, 2.45) is 0 Å². The summed E-state index contributed by atoms with van der Waals surface area (Å²) in [6.07, 6.45) is -0.114. The molecule has 0 spiro atoms. The highest BCUT2D eigenvalue weighted by molar-refractivity contribution is 7.88. The zero-order chi connectivity index (χ0) is 16.0. The molecule has 1 saturated heterocycles. The molecule has 0 saturated carbocycles. The Hall–Kier alpha value is -1.44. The van der Waals surface area contributed by atoms with Crippen LogP contribution in [0.3, 0.4) is 0 Å². The summed E-state index contributed by atoms with van der Waals surface area (Å²) in [6.45, 7) is 6.36. The van der Waals surface area contributed by atoms with Crippen LogP contribution in [0.25, 0.3) is 11.0 Å². The number of hydrogen-bond donors (Lipinski definition) is 0. The maximum absolute atomic E-state index is 12.8. The molecule has 0 N–H and O–H groups in total. The third-order valence-electron chi connectivity index (χ3n) is 3.93. The van der Waals surface area contributed by atoms with Crippen molar-refractivity contribution in [1.82, 2.24) is 9.46 Å². The molecule has 3 rings (SSSR count). The fourth-order valence-corrected chi connectivity index (χ4v) is 4.69. The van der Waals surface area contributed by atoms with Gasteiger partial charge in [-0.05, 0) is 32.9 Å². The van der Waals surface area contributed by atoms with Crippen molar-refractivity contribution in [2.75, 3.05) is 13.2 Å². The van der Waals surface area contributed by atoms with Crippen LogP contribution in [0.2, 0.25) is 0 Å². The fraction of sp³-hybridized carbons (Fsp3) is 0.533. The molecular formula is C15H20N2O4S. The first kappa shape index (κ1) is 15.5. The van der Waals surface area contributed by atoms with Crippen molar-refractivity contribution in [3.63, 3.8) is 0 Å². The monoisotopic (exact) mass is 324 g/mol. The molecule has 6 nitrogen and oxygen atoms in total. The van der Waals surface area contributed by atoms with Gasteiger partial charge in [0.1, 0.15) is 11.4 Å². The first-order valence-electron chi connectivity index (χ1n) is 7.25. The molecule has 1 aliphatic heterocycles. The molecule has 2 heterocycles. The van der Waals surface area contributed by atoms with E-state index in [1.165, 1.54) is 4.31 Å². The van der Waals surface area contributed by atoms with Crippen molar-refractivity contribution < 1.29 is 17.7 Å². The molecule has 1 aromatic heterocycles. The van der Waals surface area contributed by atoms with Gasteiger partial charge < -0.3 is 9.26 Å². The van der Waals surface area contributed by atoms with E-state index in [1.54, 1.807) is 6.07 Å². The molecule has 120 valence electrons. The maximum Gasteiger partial charge on any atom is 0.220 e. The number of para-hydroxylation sites is 1. The standard InChI is InChI=1S/C15H20N2O4S/c1-11-8-17(15(2,3)10-20-11)22(18,19)9-13-12-6-4-5-7-14(12)21-16-13/h4-7,11H,8-10H2,1-3H3/t11-/m1/s1. The van der Waals surface area contributed by atoms with Crippen molar-refractivity contribution in [2.45, 2.75) is 38.2 Å². The molecule has 0 aliphatic carbocycles. The smallest absolute Gasteiger partial charge is 0.220 e. The van der Waals surface area contributed by atoms with Gasteiger partial charge in [0.2, 0.25) is 10.0 Å².